The number of hydrogen-bond donors (Lipinski definition) is 0. The Morgan fingerprint density at radius 2 is 1.50 bits per heavy atom. The lowest BCUT2D eigenvalue weighted by molar-refractivity contribution is 0.235. The molecule has 4 rings (SSSR count). The Balaban J connectivity index is 1.11. The fourth-order valence-corrected chi connectivity index (χ4v) is 4.66. The molecular weight excluding hydrogens is 344 g/mol. The van der Waals surface area contributed by atoms with Crippen LogP contribution in [0.25, 0.3) is 0 Å². The van der Waals surface area contributed by atoms with E-state index in [4.69, 9.17) is 0 Å². The number of unbranched alkanes of at least 4 members (excludes halogenated alkanes) is 1. The highest BCUT2D eigenvalue weighted by Crippen LogP contribution is 2.19. The van der Waals surface area contributed by atoms with Crippen LogP contribution in [0.15, 0.2) is 24.0 Å². The molecule has 2 aromatic heterocycles. The lowest BCUT2D eigenvalue weighted by Crippen LogP contribution is -2.47. The average molecular weight is 373 g/mol. The molecule has 2 aliphatic heterocycles. The first-order valence-corrected chi connectivity index (χ1v) is 10.6. The van der Waals surface area contributed by atoms with Gasteiger partial charge in [0, 0.05) is 63.0 Å². The summed E-state index contributed by atoms with van der Waals surface area (Å²) in [4.78, 5) is 22.2. The van der Waals surface area contributed by atoms with Crippen LogP contribution in [0, 0.1) is 0 Å². The van der Waals surface area contributed by atoms with Crippen molar-refractivity contribution in [3.05, 3.63) is 34.5 Å². The quantitative estimate of drug-likeness (QED) is 0.722. The van der Waals surface area contributed by atoms with Gasteiger partial charge in [0.1, 0.15) is 0 Å². The fourth-order valence-electron chi connectivity index (χ4n) is 3.86. The van der Waals surface area contributed by atoms with E-state index in [-0.39, 0.29) is 0 Å². The summed E-state index contributed by atoms with van der Waals surface area (Å²) in [6.07, 6.45) is 8.55. The molecule has 0 radical (unpaired) electrons. The van der Waals surface area contributed by atoms with Gasteiger partial charge in [0.15, 0.2) is 0 Å². The topological polar surface area (TPSA) is 48.4 Å². The second-order valence-electron chi connectivity index (χ2n) is 7.15. The van der Waals surface area contributed by atoms with Crippen molar-refractivity contribution in [2.45, 2.75) is 25.7 Å². The summed E-state index contributed by atoms with van der Waals surface area (Å²) in [5.41, 5.74) is 3.35. The fraction of sp³-hybridized carbons (Fsp3) is 0.632. The molecule has 2 aliphatic rings. The minimum atomic E-state index is 0.872. The standard InChI is InChI=1S/C19H28N6S/c1(8-23-10-4-17-18(5-11-23)26-16-22-17)2-9-24-12-14-25(15-13-24)19-20-6-3-7-21-19/h3,6-7,16H,1-2,4-5,8-15H2. The highest BCUT2D eigenvalue weighted by atomic mass is 32.1. The average Bonchev–Trinajstić information content (AvgIpc) is 3.07. The molecule has 7 heteroatoms. The normalized spacial score (nSPS) is 19.3. The minimum Gasteiger partial charge on any atom is -0.338 e. The Morgan fingerprint density at radius 1 is 0.808 bits per heavy atom. The van der Waals surface area contributed by atoms with Crippen LogP contribution in [0.5, 0.6) is 0 Å². The Bertz CT molecular complexity index is 645. The summed E-state index contributed by atoms with van der Waals surface area (Å²) in [6, 6.07) is 1.87. The van der Waals surface area contributed by atoms with Gasteiger partial charge in [0.25, 0.3) is 0 Å². The van der Waals surface area contributed by atoms with E-state index in [1.165, 1.54) is 56.0 Å². The first kappa shape index (κ1) is 17.8. The van der Waals surface area contributed by atoms with E-state index in [2.05, 4.69) is 29.7 Å². The van der Waals surface area contributed by atoms with E-state index < -0.39 is 0 Å². The van der Waals surface area contributed by atoms with E-state index in [0.29, 0.717) is 0 Å². The van der Waals surface area contributed by atoms with Gasteiger partial charge in [0.2, 0.25) is 5.95 Å². The summed E-state index contributed by atoms with van der Waals surface area (Å²) in [6.45, 7) is 9.12. The van der Waals surface area contributed by atoms with Gasteiger partial charge in [-0.1, -0.05) is 0 Å². The van der Waals surface area contributed by atoms with Crippen molar-refractivity contribution < 1.29 is 0 Å². The van der Waals surface area contributed by atoms with E-state index in [1.807, 2.05) is 35.3 Å². The summed E-state index contributed by atoms with van der Waals surface area (Å²) in [5.74, 6) is 0.872. The minimum absolute atomic E-state index is 0.872. The molecule has 0 amide bonds. The number of anilines is 1. The molecule has 140 valence electrons. The molecule has 1 saturated heterocycles. The highest BCUT2D eigenvalue weighted by molar-refractivity contribution is 7.09. The van der Waals surface area contributed by atoms with Gasteiger partial charge in [0.05, 0.1) is 11.2 Å². The van der Waals surface area contributed by atoms with Crippen LogP contribution in [0.2, 0.25) is 0 Å². The van der Waals surface area contributed by atoms with Gasteiger partial charge in [-0.2, -0.15) is 0 Å². The van der Waals surface area contributed by atoms with E-state index in [0.717, 1.165) is 38.5 Å². The second kappa shape index (κ2) is 8.88. The van der Waals surface area contributed by atoms with Crippen molar-refractivity contribution in [1.29, 1.82) is 0 Å². The largest absolute Gasteiger partial charge is 0.338 e. The number of hydrogen-bond acceptors (Lipinski definition) is 7. The number of aromatic nitrogens is 3. The maximum Gasteiger partial charge on any atom is 0.225 e. The molecule has 0 N–H and O–H groups in total. The number of fused-ring (bicyclic) bond motifs is 1. The van der Waals surface area contributed by atoms with Crippen LogP contribution in [0.4, 0.5) is 5.95 Å². The molecule has 0 saturated carbocycles. The zero-order valence-corrected chi connectivity index (χ0v) is 16.2. The number of nitrogens with zero attached hydrogens (tertiary/aromatic N) is 6. The maximum atomic E-state index is 4.51. The predicted molar refractivity (Wildman–Crippen MR) is 106 cm³/mol. The third-order valence-electron chi connectivity index (χ3n) is 5.45. The zero-order chi connectivity index (χ0) is 17.6. The summed E-state index contributed by atoms with van der Waals surface area (Å²) < 4.78 is 0. The van der Waals surface area contributed by atoms with Crippen molar-refractivity contribution in [2.24, 2.45) is 0 Å². The molecule has 6 nitrogen and oxygen atoms in total. The SMILES string of the molecule is c1cnc(N2CCN(CCCCN3CCc4ncsc4CC3)CC2)nc1. The van der Waals surface area contributed by atoms with E-state index in [9.17, 15) is 0 Å². The molecule has 0 bridgehead atoms. The van der Waals surface area contributed by atoms with Crippen LogP contribution in [0.3, 0.4) is 0 Å². The van der Waals surface area contributed by atoms with Crippen LogP contribution >= 0.6 is 11.3 Å². The van der Waals surface area contributed by atoms with Gasteiger partial charge in [-0.05, 0) is 38.4 Å². The van der Waals surface area contributed by atoms with Crippen LogP contribution in [-0.2, 0) is 12.8 Å². The first-order valence-electron chi connectivity index (χ1n) is 9.76. The smallest absolute Gasteiger partial charge is 0.225 e. The Labute approximate surface area is 159 Å². The van der Waals surface area contributed by atoms with Crippen molar-refractivity contribution >= 4 is 17.3 Å². The molecule has 0 atom stereocenters. The molecule has 0 aromatic carbocycles. The lowest BCUT2D eigenvalue weighted by Gasteiger charge is -2.34. The molecule has 0 spiro atoms. The summed E-state index contributed by atoms with van der Waals surface area (Å²) >= 11 is 1.83. The number of thiazole rings is 1. The summed E-state index contributed by atoms with van der Waals surface area (Å²) in [5, 5.41) is 0. The van der Waals surface area contributed by atoms with Crippen molar-refractivity contribution in [3.63, 3.8) is 0 Å². The number of piperazine rings is 1. The molecule has 0 aliphatic carbocycles. The Morgan fingerprint density at radius 3 is 2.27 bits per heavy atom. The van der Waals surface area contributed by atoms with Gasteiger partial charge in [-0.25, -0.2) is 15.0 Å². The van der Waals surface area contributed by atoms with Crippen molar-refractivity contribution in [3.8, 4) is 0 Å². The molecule has 0 unspecified atom stereocenters. The molecule has 1 fully saturated rings. The van der Waals surface area contributed by atoms with Crippen molar-refractivity contribution in [1.82, 2.24) is 24.8 Å². The van der Waals surface area contributed by atoms with Crippen molar-refractivity contribution in [2.75, 3.05) is 57.3 Å². The Hall–Kier alpha value is -1.57. The van der Waals surface area contributed by atoms with E-state index in [1.54, 1.807) is 0 Å². The van der Waals surface area contributed by atoms with Crippen LogP contribution < -0.4 is 4.90 Å². The van der Waals surface area contributed by atoms with Gasteiger partial charge >= 0.3 is 0 Å². The lowest BCUT2D eigenvalue weighted by atomic mass is 10.2. The van der Waals surface area contributed by atoms with Crippen LogP contribution in [-0.4, -0.2) is 77.1 Å². The molecular formula is C19H28N6S. The van der Waals surface area contributed by atoms with Gasteiger partial charge in [-0.3, -0.25) is 4.90 Å². The third kappa shape index (κ3) is 4.58. The van der Waals surface area contributed by atoms with Gasteiger partial charge in [-0.15, -0.1) is 11.3 Å². The van der Waals surface area contributed by atoms with Gasteiger partial charge < -0.3 is 9.80 Å². The molecule has 2 aromatic rings. The summed E-state index contributed by atoms with van der Waals surface area (Å²) in [7, 11) is 0. The van der Waals surface area contributed by atoms with Crippen LogP contribution in [0.1, 0.15) is 23.4 Å². The second-order valence-corrected chi connectivity index (χ2v) is 8.09. The number of rotatable bonds is 6. The monoisotopic (exact) mass is 372 g/mol. The molecule has 4 heterocycles. The molecule has 26 heavy (non-hydrogen) atoms. The maximum absolute atomic E-state index is 4.51. The predicted octanol–water partition coefficient (Wildman–Crippen LogP) is 1.94. The Kier molecular flexibility index (Phi) is 6.09. The zero-order valence-electron chi connectivity index (χ0n) is 15.4. The third-order valence-corrected chi connectivity index (χ3v) is 6.39. The van der Waals surface area contributed by atoms with E-state index >= 15 is 0 Å². The first-order chi connectivity index (χ1) is 12.9. The highest BCUT2D eigenvalue weighted by Gasteiger charge is 2.19.